The number of piperidine rings is 1. The first kappa shape index (κ1) is 13.5. The molecule has 5 nitrogen and oxygen atoms in total. The van der Waals surface area contributed by atoms with Crippen molar-refractivity contribution in [3.63, 3.8) is 0 Å². The molecule has 0 unspecified atom stereocenters. The highest BCUT2D eigenvalue weighted by atomic mass is 79.9. The van der Waals surface area contributed by atoms with Gasteiger partial charge in [-0.25, -0.2) is 0 Å². The van der Waals surface area contributed by atoms with E-state index in [0.717, 1.165) is 31.5 Å². The smallest absolute Gasteiger partial charge is 0.283 e. The first-order chi connectivity index (χ1) is 8.68. The summed E-state index contributed by atoms with van der Waals surface area (Å²) >= 11 is 3.27. The van der Waals surface area contributed by atoms with Gasteiger partial charge in [0.25, 0.3) is 5.69 Å². The molecule has 0 aromatic heterocycles. The summed E-state index contributed by atoms with van der Waals surface area (Å²) in [5, 5.41) is 14.1. The molecule has 1 N–H and O–H groups in total. The lowest BCUT2D eigenvalue weighted by Crippen LogP contribution is -2.32. The minimum Gasteiger partial charge on any atom is -0.373 e. The van der Waals surface area contributed by atoms with Crippen molar-refractivity contribution in [2.24, 2.45) is 0 Å². The molecule has 0 atom stereocenters. The van der Waals surface area contributed by atoms with Crippen LogP contribution >= 0.6 is 15.9 Å². The SMILES string of the molecule is O=[N+]([O-])c1cccc(COC2CCNCC2)c1Br. The molecule has 0 radical (unpaired) electrons. The van der Waals surface area contributed by atoms with Crippen molar-refractivity contribution in [1.29, 1.82) is 0 Å². The van der Waals surface area contributed by atoms with Gasteiger partial charge in [0.15, 0.2) is 0 Å². The van der Waals surface area contributed by atoms with Crippen LogP contribution in [0.2, 0.25) is 0 Å². The van der Waals surface area contributed by atoms with E-state index in [1.807, 2.05) is 6.07 Å². The van der Waals surface area contributed by atoms with E-state index in [-0.39, 0.29) is 11.8 Å². The first-order valence-corrected chi connectivity index (χ1v) is 6.72. The molecule has 18 heavy (non-hydrogen) atoms. The number of nitro benzene ring substituents is 1. The maximum atomic E-state index is 10.8. The molecule has 1 aromatic carbocycles. The summed E-state index contributed by atoms with van der Waals surface area (Å²) in [5.41, 5.74) is 0.907. The third-order valence-electron chi connectivity index (χ3n) is 3.02. The Bertz CT molecular complexity index is 433. The Hall–Kier alpha value is -0.980. The van der Waals surface area contributed by atoms with Crippen molar-refractivity contribution in [2.45, 2.75) is 25.6 Å². The number of nitrogens with zero attached hydrogens (tertiary/aromatic N) is 1. The Morgan fingerprint density at radius 1 is 1.44 bits per heavy atom. The Balaban J connectivity index is 2.00. The normalized spacial score (nSPS) is 16.7. The van der Waals surface area contributed by atoms with Crippen LogP contribution in [0.5, 0.6) is 0 Å². The van der Waals surface area contributed by atoms with E-state index in [0.29, 0.717) is 11.1 Å². The second kappa shape index (κ2) is 6.26. The molecule has 0 bridgehead atoms. The van der Waals surface area contributed by atoms with Crippen molar-refractivity contribution in [3.05, 3.63) is 38.3 Å². The quantitative estimate of drug-likeness (QED) is 0.685. The van der Waals surface area contributed by atoms with E-state index in [1.165, 1.54) is 6.07 Å². The number of hydrogen-bond acceptors (Lipinski definition) is 4. The lowest BCUT2D eigenvalue weighted by Gasteiger charge is -2.23. The maximum absolute atomic E-state index is 10.8. The predicted molar refractivity (Wildman–Crippen MR) is 71.5 cm³/mol. The van der Waals surface area contributed by atoms with Crippen LogP contribution < -0.4 is 5.32 Å². The van der Waals surface area contributed by atoms with Gasteiger partial charge in [0.1, 0.15) is 4.47 Å². The van der Waals surface area contributed by atoms with Crippen LogP contribution in [0.15, 0.2) is 22.7 Å². The summed E-state index contributed by atoms with van der Waals surface area (Å²) in [7, 11) is 0. The van der Waals surface area contributed by atoms with Crippen molar-refractivity contribution >= 4 is 21.6 Å². The van der Waals surface area contributed by atoms with Crippen LogP contribution in [0.3, 0.4) is 0 Å². The minimum absolute atomic E-state index is 0.0846. The maximum Gasteiger partial charge on any atom is 0.283 e. The number of nitro groups is 1. The summed E-state index contributed by atoms with van der Waals surface area (Å²) in [6.07, 6.45) is 2.23. The molecule has 98 valence electrons. The highest BCUT2D eigenvalue weighted by Gasteiger charge is 2.17. The molecule has 6 heteroatoms. The van der Waals surface area contributed by atoms with Gasteiger partial charge in [-0.05, 0) is 47.4 Å². The number of benzene rings is 1. The zero-order chi connectivity index (χ0) is 13.0. The number of ether oxygens (including phenoxy) is 1. The first-order valence-electron chi connectivity index (χ1n) is 5.92. The summed E-state index contributed by atoms with van der Waals surface area (Å²) in [6.45, 7) is 2.36. The van der Waals surface area contributed by atoms with Crippen molar-refractivity contribution in [1.82, 2.24) is 5.32 Å². The van der Waals surface area contributed by atoms with E-state index < -0.39 is 4.92 Å². The van der Waals surface area contributed by atoms with Gasteiger partial charge in [-0.1, -0.05) is 12.1 Å². The fourth-order valence-electron chi connectivity index (χ4n) is 1.99. The second-order valence-electron chi connectivity index (χ2n) is 4.27. The van der Waals surface area contributed by atoms with Crippen LogP contribution in [-0.2, 0) is 11.3 Å². The van der Waals surface area contributed by atoms with Crippen LogP contribution in [-0.4, -0.2) is 24.1 Å². The van der Waals surface area contributed by atoms with E-state index in [2.05, 4.69) is 21.2 Å². The average Bonchev–Trinajstić information content (AvgIpc) is 2.38. The monoisotopic (exact) mass is 314 g/mol. The zero-order valence-corrected chi connectivity index (χ0v) is 11.5. The van der Waals surface area contributed by atoms with Gasteiger partial charge in [0, 0.05) is 6.07 Å². The number of halogens is 1. The number of nitrogens with one attached hydrogen (secondary N) is 1. The molecule has 1 aliphatic rings. The van der Waals surface area contributed by atoms with Gasteiger partial charge < -0.3 is 10.1 Å². The highest BCUT2D eigenvalue weighted by molar-refractivity contribution is 9.10. The molecular formula is C12H15BrN2O3. The highest BCUT2D eigenvalue weighted by Crippen LogP contribution is 2.29. The predicted octanol–water partition coefficient (Wildman–Crippen LogP) is 2.63. The van der Waals surface area contributed by atoms with E-state index >= 15 is 0 Å². The Morgan fingerprint density at radius 2 is 2.17 bits per heavy atom. The van der Waals surface area contributed by atoms with Crippen LogP contribution in [0, 0.1) is 10.1 Å². The van der Waals surface area contributed by atoms with Crippen LogP contribution in [0.4, 0.5) is 5.69 Å². The third kappa shape index (κ3) is 3.28. The Labute approximate surface area is 114 Å². The minimum atomic E-state index is -0.391. The van der Waals surface area contributed by atoms with E-state index in [1.54, 1.807) is 6.07 Å². The topological polar surface area (TPSA) is 64.4 Å². The van der Waals surface area contributed by atoms with Gasteiger partial charge in [-0.2, -0.15) is 0 Å². The van der Waals surface area contributed by atoms with Gasteiger partial charge in [-0.3, -0.25) is 10.1 Å². The van der Waals surface area contributed by atoms with Gasteiger partial charge in [0.05, 0.1) is 17.6 Å². The van der Waals surface area contributed by atoms with E-state index in [4.69, 9.17) is 4.74 Å². The fraction of sp³-hybridized carbons (Fsp3) is 0.500. The molecule has 1 aliphatic heterocycles. The standard InChI is InChI=1S/C12H15BrN2O3/c13-12-9(2-1-3-11(12)15(16)17)8-18-10-4-6-14-7-5-10/h1-3,10,14H,4-8H2. The molecule has 0 saturated carbocycles. The summed E-state index contributed by atoms with van der Waals surface area (Å²) in [5.74, 6) is 0. The summed E-state index contributed by atoms with van der Waals surface area (Å²) in [4.78, 5) is 10.4. The average molecular weight is 315 g/mol. The van der Waals surface area contributed by atoms with Crippen LogP contribution in [0.25, 0.3) is 0 Å². The summed E-state index contributed by atoms with van der Waals surface area (Å²) < 4.78 is 6.31. The lowest BCUT2D eigenvalue weighted by atomic mass is 10.1. The van der Waals surface area contributed by atoms with Crippen molar-refractivity contribution in [2.75, 3.05) is 13.1 Å². The molecular weight excluding hydrogens is 300 g/mol. The van der Waals surface area contributed by atoms with Crippen molar-refractivity contribution in [3.8, 4) is 0 Å². The molecule has 0 aliphatic carbocycles. The number of rotatable bonds is 4. The second-order valence-corrected chi connectivity index (χ2v) is 5.06. The molecule has 1 saturated heterocycles. The lowest BCUT2D eigenvalue weighted by molar-refractivity contribution is -0.385. The Kier molecular flexibility index (Phi) is 4.68. The molecule has 0 spiro atoms. The summed E-state index contributed by atoms with van der Waals surface area (Å²) in [6, 6.07) is 5.01. The molecule has 1 aromatic rings. The molecule has 1 fully saturated rings. The Morgan fingerprint density at radius 3 is 2.83 bits per heavy atom. The van der Waals surface area contributed by atoms with Gasteiger partial charge in [-0.15, -0.1) is 0 Å². The number of hydrogen-bond donors (Lipinski definition) is 1. The fourth-order valence-corrected chi connectivity index (χ4v) is 2.51. The van der Waals surface area contributed by atoms with Gasteiger partial charge in [0.2, 0.25) is 0 Å². The van der Waals surface area contributed by atoms with Crippen molar-refractivity contribution < 1.29 is 9.66 Å². The van der Waals surface area contributed by atoms with E-state index in [9.17, 15) is 10.1 Å². The zero-order valence-electron chi connectivity index (χ0n) is 9.89. The molecule has 0 amide bonds. The van der Waals surface area contributed by atoms with Gasteiger partial charge >= 0.3 is 0 Å². The molecule has 2 rings (SSSR count). The third-order valence-corrected chi connectivity index (χ3v) is 3.93. The van der Waals surface area contributed by atoms with Crippen LogP contribution in [0.1, 0.15) is 18.4 Å². The largest absolute Gasteiger partial charge is 0.373 e. The molecule has 1 heterocycles.